The van der Waals surface area contributed by atoms with Crippen LogP contribution in [0.25, 0.3) is 0 Å². The van der Waals surface area contributed by atoms with Crippen molar-refractivity contribution in [3.8, 4) is 0 Å². The van der Waals surface area contributed by atoms with E-state index in [1.165, 1.54) is 16.4 Å². The average molecular weight is 397 g/mol. The maximum Gasteiger partial charge on any atom is 0.304 e. The molecule has 0 aliphatic carbocycles. The van der Waals surface area contributed by atoms with Gasteiger partial charge in [0.05, 0.1) is 11.3 Å². The number of nitrogens with zero attached hydrogens (tertiary/aromatic N) is 1. The summed E-state index contributed by atoms with van der Waals surface area (Å²) >= 11 is 2.09. The van der Waals surface area contributed by atoms with E-state index in [-0.39, 0.29) is 23.9 Å². The Morgan fingerprint density at radius 3 is 2.26 bits per heavy atom. The standard InChI is InChI=1S/C12H16INO4S/c1-9(2)14(8-7-12(15)16)19(17,18)11-5-3-10(13)4-6-11/h3-6,9H,7-8H2,1-2H3,(H,15,16). The second-order valence-corrected chi connectivity index (χ2v) is 7.44. The summed E-state index contributed by atoms with van der Waals surface area (Å²) < 4.78 is 27.0. The van der Waals surface area contributed by atoms with Gasteiger partial charge in [0.25, 0.3) is 0 Å². The van der Waals surface area contributed by atoms with E-state index in [1.807, 2.05) is 0 Å². The van der Waals surface area contributed by atoms with Crippen LogP contribution in [0.2, 0.25) is 0 Å². The predicted molar refractivity (Wildman–Crippen MR) is 80.4 cm³/mol. The third kappa shape index (κ3) is 4.43. The largest absolute Gasteiger partial charge is 0.481 e. The summed E-state index contributed by atoms with van der Waals surface area (Å²) in [5.74, 6) is -1.01. The lowest BCUT2D eigenvalue weighted by Crippen LogP contribution is -2.38. The van der Waals surface area contributed by atoms with E-state index in [9.17, 15) is 13.2 Å². The number of hydrogen-bond donors (Lipinski definition) is 1. The van der Waals surface area contributed by atoms with Crippen molar-refractivity contribution >= 4 is 38.6 Å². The van der Waals surface area contributed by atoms with Crippen LogP contribution in [0.15, 0.2) is 29.2 Å². The van der Waals surface area contributed by atoms with E-state index < -0.39 is 16.0 Å². The van der Waals surface area contributed by atoms with Crippen LogP contribution < -0.4 is 0 Å². The Balaban J connectivity index is 3.05. The van der Waals surface area contributed by atoms with Crippen molar-refractivity contribution in [2.24, 2.45) is 0 Å². The van der Waals surface area contributed by atoms with Crippen molar-refractivity contribution in [2.45, 2.75) is 31.2 Å². The van der Waals surface area contributed by atoms with Crippen LogP contribution in [0.1, 0.15) is 20.3 Å². The second kappa shape index (κ2) is 6.67. The number of hydrogen-bond acceptors (Lipinski definition) is 3. The Morgan fingerprint density at radius 1 is 1.32 bits per heavy atom. The van der Waals surface area contributed by atoms with Crippen molar-refractivity contribution < 1.29 is 18.3 Å². The zero-order valence-corrected chi connectivity index (χ0v) is 13.7. The molecule has 0 spiro atoms. The lowest BCUT2D eigenvalue weighted by molar-refractivity contribution is -0.137. The molecule has 0 saturated carbocycles. The molecule has 0 aromatic heterocycles. The van der Waals surface area contributed by atoms with Gasteiger partial charge in [0.15, 0.2) is 0 Å². The number of carbonyl (C=O) groups is 1. The first-order chi connectivity index (χ1) is 8.75. The van der Waals surface area contributed by atoms with E-state index in [0.717, 1.165) is 3.57 Å². The van der Waals surface area contributed by atoms with E-state index >= 15 is 0 Å². The summed E-state index contributed by atoms with van der Waals surface area (Å²) in [5, 5.41) is 8.69. The van der Waals surface area contributed by atoms with Gasteiger partial charge >= 0.3 is 5.97 Å². The molecule has 0 amide bonds. The Hall–Kier alpha value is -0.670. The number of benzene rings is 1. The van der Waals surface area contributed by atoms with Gasteiger partial charge in [0.1, 0.15) is 0 Å². The maximum atomic E-state index is 12.4. The van der Waals surface area contributed by atoms with Gasteiger partial charge in [0, 0.05) is 16.2 Å². The summed E-state index contributed by atoms with van der Waals surface area (Å²) in [6.45, 7) is 3.43. The summed E-state index contributed by atoms with van der Waals surface area (Å²) in [4.78, 5) is 10.8. The number of carboxylic acid groups (broad SMARTS) is 1. The molecule has 0 heterocycles. The molecular weight excluding hydrogens is 381 g/mol. The smallest absolute Gasteiger partial charge is 0.304 e. The monoisotopic (exact) mass is 397 g/mol. The molecule has 0 saturated heterocycles. The van der Waals surface area contributed by atoms with Crippen LogP contribution in [0.3, 0.4) is 0 Å². The topological polar surface area (TPSA) is 74.7 Å². The third-order valence-electron chi connectivity index (χ3n) is 2.54. The first kappa shape index (κ1) is 16.4. The summed E-state index contributed by atoms with van der Waals surface area (Å²) in [6, 6.07) is 6.20. The number of sulfonamides is 1. The highest BCUT2D eigenvalue weighted by Gasteiger charge is 2.27. The van der Waals surface area contributed by atoms with Crippen molar-refractivity contribution in [1.82, 2.24) is 4.31 Å². The molecular formula is C12H16INO4S. The van der Waals surface area contributed by atoms with Gasteiger partial charge in [-0.2, -0.15) is 4.31 Å². The van der Waals surface area contributed by atoms with Crippen LogP contribution in [0.5, 0.6) is 0 Å². The lowest BCUT2D eigenvalue weighted by atomic mass is 10.3. The number of rotatable bonds is 6. The molecule has 1 aromatic carbocycles. The molecule has 7 heteroatoms. The van der Waals surface area contributed by atoms with Gasteiger partial charge < -0.3 is 5.11 Å². The minimum atomic E-state index is -3.65. The highest BCUT2D eigenvalue weighted by molar-refractivity contribution is 14.1. The first-order valence-corrected chi connectivity index (χ1v) is 8.26. The molecule has 106 valence electrons. The van der Waals surface area contributed by atoms with Crippen molar-refractivity contribution in [1.29, 1.82) is 0 Å². The first-order valence-electron chi connectivity index (χ1n) is 5.74. The van der Waals surface area contributed by atoms with Crippen molar-refractivity contribution in [3.63, 3.8) is 0 Å². The third-order valence-corrected chi connectivity index (χ3v) is 5.35. The fourth-order valence-corrected chi connectivity index (χ4v) is 3.60. The Bertz CT molecular complexity index is 539. The predicted octanol–water partition coefficient (Wildman–Crippen LogP) is 2.17. The Kier molecular flexibility index (Phi) is 5.75. The molecule has 1 rings (SSSR count). The second-order valence-electron chi connectivity index (χ2n) is 4.31. The fraction of sp³-hybridized carbons (Fsp3) is 0.417. The van der Waals surface area contributed by atoms with Gasteiger partial charge in [-0.3, -0.25) is 4.79 Å². The van der Waals surface area contributed by atoms with Crippen LogP contribution in [0, 0.1) is 3.57 Å². The van der Waals surface area contributed by atoms with Crippen molar-refractivity contribution in [3.05, 3.63) is 27.8 Å². The SMILES string of the molecule is CC(C)N(CCC(=O)O)S(=O)(=O)c1ccc(I)cc1. The van der Waals surface area contributed by atoms with Gasteiger partial charge in [0.2, 0.25) is 10.0 Å². The number of aliphatic carboxylic acids is 1. The molecule has 1 aromatic rings. The molecule has 19 heavy (non-hydrogen) atoms. The van der Waals surface area contributed by atoms with E-state index in [4.69, 9.17) is 5.11 Å². The molecule has 0 fully saturated rings. The number of carboxylic acids is 1. The molecule has 0 aliphatic heterocycles. The molecule has 1 N–H and O–H groups in total. The van der Waals surface area contributed by atoms with E-state index in [2.05, 4.69) is 22.6 Å². The van der Waals surface area contributed by atoms with Crippen LogP contribution in [0.4, 0.5) is 0 Å². The van der Waals surface area contributed by atoms with Gasteiger partial charge in [-0.15, -0.1) is 0 Å². The van der Waals surface area contributed by atoms with E-state index in [1.54, 1.807) is 26.0 Å². The van der Waals surface area contributed by atoms with Crippen LogP contribution in [-0.2, 0) is 14.8 Å². The van der Waals surface area contributed by atoms with Crippen molar-refractivity contribution in [2.75, 3.05) is 6.54 Å². The summed E-state index contributed by atoms with van der Waals surface area (Å²) in [6.07, 6.45) is -0.207. The maximum absolute atomic E-state index is 12.4. The molecule has 0 radical (unpaired) electrons. The Morgan fingerprint density at radius 2 is 1.84 bits per heavy atom. The molecule has 0 bridgehead atoms. The van der Waals surface area contributed by atoms with E-state index in [0.29, 0.717) is 0 Å². The zero-order chi connectivity index (χ0) is 14.6. The summed E-state index contributed by atoms with van der Waals surface area (Å²) in [5.41, 5.74) is 0. The minimum absolute atomic E-state index is 0.0265. The highest BCUT2D eigenvalue weighted by atomic mass is 127. The molecule has 0 atom stereocenters. The summed E-state index contributed by atoms with van der Waals surface area (Å²) in [7, 11) is -3.65. The van der Waals surface area contributed by atoms with Crippen LogP contribution in [-0.4, -0.2) is 36.4 Å². The zero-order valence-electron chi connectivity index (χ0n) is 10.7. The number of halogens is 1. The van der Waals surface area contributed by atoms with Crippen LogP contribution >= 0.6 is 22.6 Å². The quantitative estimate of drug-likeness (QED) is 0.747. The molecule has 5 nitrogen and oxygen atoms in total. The average Bonchev–Trinajstić information content (AvgIpc) is 2.28. The fourth-order valence-electron chi connectivity index (χ4n) is 1.60. The highest BCUT2D eigenvalue weighted by Crippen LogP contribution is 2.19. The van der Waals surface area contributed by atoms with Gasteiger partial charge in [-0.1, -0.05) is 0 Å². The molecule has 0 aliphatic rings. The lowest BCUT2D eigenvalue weighted by Gasteiger charge is -2.25. The normalized spacial score (nSPS) is 12.1. The minimum Gasteiger partial charge on any atom is -0.481 e. The molecule has 0 unspecified atom stereocenters. The Labute approximate surface area is 126 Å². The van der Waals surface area contributed by atoms with Gasteiger partial charge in [-0.05, 0) is 60.7 Å². The van der Waals surface area contributed by atoms with Gasteiger partial charge in [-0.25, -0.2) is 8.42 Å².